The zero-order valence-corrected chi connectivity index (χ0v) is 10.9. The van der Waals surface area contributed by atoms with Crippen LogP contribution in [0.15, 0.2) is 12.2 Å². The van der Waals surface area contributed by atoms with Crippen molar-refractivity contribution in [3.63, 3.8) is 0 Å². The summed E-state index contributed by atoms with van der Waals surface area (Å²) in [5.41, 5.74) is 4.93. The van der Waals surface area contributed by atoms with E-state index >= 15 is 0 Å². The lowest BCUT2D eigenvalue weighted by Crippen LogP contribution is -2.49. The molecule has 1 atom stereocenters. The number of alkyl halides is 3. The van der Waals surface area contributed by atoms with E-state index in [0.29, 0.717) is 12.0 Å². The predicted octanol–water partition coefficient (Wildman–Crippen LogP) is 2.02. The fourth-order valence-corrected chi connectivity index (χ4v) is 1.09. The van der Waals surface area contributed by atoms with E-state index in [9.17, 15) is 18.0 Å². The van der Waals surface area contributed by atoms with Gasteiger partial charge in [-0.25, -0.2) is 9.59 Å². The van der Waals surface area contributed by atoms with Crippen LogP contribution in [0.3, 0.4) is 0 Å². The predicted molar refractivity (Wildman–Crippen MR) is 62.5 cm³/mol. The summed E-state index contributed by atoms with van der Waals surface area (Å²) in [5.74, 6) is -3.50. The maximum absolute atomic E-state index is 10.8. The van der Waals surface area contributed by atoms with Crippen molar-refractivity contribution >= 4 is 11.9 Å². The Morgan fingerprint density at radius 2 is 1.53 bits per heavy atom. The van der Waals surface area contributed by atoms with E-state index in [1.54, 1.807) is 6.92 Å². The summed E-state index contributed by atoms with van der Waals surface area (Å²) >= 11 is 0. The van der Waals surface area contributed by atoms with E-state index in [1.165, 1.54) is 0 Å². The highest BCUT2D eigenvalue weighted by Crippen LogP contribution is 2.21. The molecule has 0 rings (SSSR count). The van der Waals surface area contributed by atoms with Crippen molar-refractivity contribution in [3.05, 3.63) is 12.2 Å². The molecule has 4 N–H and O–H groups in total. The van der Waals surface area contributed by atoms with Crippen molar-refractivity contribution in [2.45, 2.75) is 38.9 Å². The zero-order chi connectivity index (χ0) is 16.0. The van der Waals surface area contributed by atoms with Gasteiger partial charge in [-0.2, -0.15) is 13.2 Å². The second kappa shape index (κ2) is 7.13. The van der Waals surface area contributed by atoms with Gasteiger partial charge < -0.3 is 15.9 Å². The Morgan fingerprint density at radius 3 is 1.58 bits per heavy atom. The summed E-state index contributed by atoms with van der Waals surface area (Å²) in [5, 5.41) is 16.0. The molecule has 19 heavy (non-hydrogen) atoms. The Kier molecular flexibility index (Phi) is 7.41. The molecule has 0 aromatic rings. The lowest BCUT2D eigenvalue weighted by molar-refractivity contribution is -0.192. The van der Waals surface area contributed by atoms with E-state index in [0.717, 1.165) is 0 Å². The third-order valence-corrected chi connectivity index (χ3v) is 2.12. The number of carbonyl (C=O) groups is 2. The van der Waals surface area contributed by atoms with Crippen molar-refractivity contribution in [3.8, 4) is 0 Å². The fourth-order valence-electron chi connectivity index (χ4n) is 1.09. The van der Waals surface area contributed by atoms with Crippen LogP contribution in [0, 0.1) is 5.92 Å². The first kappa shape index (κ1) is 19.8. The summed E-state index contributed by atoms with van der Waals surface area (Å²) in [6.07, 6.45) is -4.66. The third kappa shape index (κ3) is 7.45. The fraction of sp³-hybridized carbons (Fsp3) is 0.636. The molecule has 8 heteroatoms. The molecule has 112 valence electrons. The Balaban J connectivity index is 0. The second-order valence-electron chi connectivity index (χ2n) is 4.46. The first-order valence-electron chi connectivity index (χ1n) is 5.23. The van der Waals surface area contributed by atoms with Gasteiger partial charge in [0, 0.05) is 0 Å². The van der Waals surface area contributed by atoms with Crippen LogP contribution in [-0.2, 0) is 9.59 Å². The minimum absolute atomic E-state index is 0.253. The molecule has 0 saturated carbocycles. The molecule has 5 nitrogen and oxygen atoms in total. The SMILES string of the molecule is C=C(C)C(N)(CC(C)C)C(=O)O.O=C(O)C(F)(F)F. The van der Waals surface area contributed by atoms with Gasteiger partial charge in [-0.15, -0.1) is 0 Å². The number of halogens is 3. The monoisotopic (exact) mass is 285 g/mol. The second-order valence-corrected chi connectivity index (χ2v) is 4.46. The van der Waals surface area contributed by atoms with Crippen LogP contribution in [0.2, 0.25) is 0 Å². The summed E-state index contributed by atoms with van der Waals surface area (Å²) < 4.78 is 31.7. The molecule has 0 aliphatic carbocycles. The first-order valence-corrected chi connectivity index (χ1v) is 5.23. The van der Waals surface area contributed by atoms with E-state index in [1.807, 2.05) is 13.8 Å². The molecule has 0 amide bonds. The molecule has 0 aromatic carbocycles. The summed E-state index contributed by atoms with van der Waals surface area (Å²) in [6.45, 7) is 9.12. The highest BCUT2D eigenvalue weighted by Gasteiger charge is 2.38. The first-order chi connectivity index (χ1) is 8.25. The largest absolute Gasteiger partial charge is 0.490 e. The van der Waals surface area contributed by atoms with Crippen molar-refractivity contribution in [1.29, 1.82) is 0 Å². The summed E-state index contributed by atoms with van der Waals surface area (Å²) in [6, 6.07) is 0. The molecule has 0 fully saturated rings. The van der Waals surface area contributed by atoms with Crippen LogP contribution in [0.1, 0.15) is 27.2 Å². The molecule has 0 saturated heterocycles. The van der Waals surface area contributed by atoms with E-state index in [2.05, 4.69) is 6.58 Å². The number of carboxylic acids is 2. The van der Waals surface area contributed by atoms with Crippen LogP contribution in [-0.4, -0.2) is 33.9 Å². The van der Waals surface area contributed by atoms with Crippen molar-refractivity contribution in [2.75, 3.05) is 0 Å². The Morgan fingerprint density at radius 1 is 1.21 bits per heavy atom. The number of hydrogen-bond donors (Lipinski definition) is 3. The van der Waals surface area contributed by atoms with Crippen molar-refractivity contribution in [2.24, 2.45) is 11.7 Å². The molecular weight excluding hydrogens is 267 g/mol. The maximum atomic E-state index is 10.8. The van der Waals surface area contributed by atoms with Gasteiger partial charge in [0.15, 0.2) is 0 Å². The van der Waals surface area contributed by atoms with Crippen LogP contribution >= 0.6 is 0 Å². The molecule has 1 unspecified atom stereocenters. The number of nitrogens with two attached hydrogens (primary N) is 1. The molecule has 0 spiro atoms. The van der Waals surface area contributed by atoms with E-state index in [4.69, 9.17) is 20.7 Å². The number of carboxylic acid groups (broad SMARTS) is 2. The summed E-state index contributed by atoms with van der Waals surface area (Å²) in [4.78, 5) is 19.7. The van der Waals surface area contributed by atoms with Gasteiger partial charge in [0.25, 0.3) is 0 Å². The molecule has 0 aliphatic heterocycles. The molecule has 0 aliphatic rings. The standard InChI is InChI=1S/C9H17NO2.C2HF3O2/c1-6(2)5-9(10,7(3)4)8(11)12;3-2(4,5)1(6)7/h6H,3,5,10H2,1-2,4H3,(H,11,12);(H,6,7). The van der Waals surface area contributed by atoms with Gasteiger partial charge in [0.1, 0.15) is 5.54 Å². The van der Waals surface area contributed by atoms with E-state index < -0.39 is 23.7 Å². The van der Waals surface area contributed by atoms with Crippen LogP contribution < -0.4 is 5.73 Å². The third-order valence-electron chi connectivity index (χ3n) is 2.12. The Bertz CT molecular complexity index is 336. The zero-order valence-electron chi connectivity index (χ0n) is 10.9. The van der Waals surface area contributed by atoms with Gasteiger partial charge in [-0.1, -0.05) is 20.4 Å². The van der Waals surface area contributed by atoms with Gasteiger partial charge in [0.05, 0.1) is 0 Å². The van der Waals surface area contributed by atoms with E-state index in [-0.39, 0.29) is 5.92 Å². The highest BCUT2D eigenvalue weighted by atomic mass is 19.4. The number of rotatable bonds is 4. The molecular formula is C11H18F3NO4. The van der Waals surface area contributed by atoms with Gasteiger partial charge in [-0.3, -0.25) is 0 Å². The Labute approximate surface area is 108 Å². The lowest BCUT2D eigenvalue weighted by atomic mass is 9.84. The highest BCUT2D eigenvalue weighted by molar-refractivity contribution is 5.82. The average Bonchev–Trinajstić information content (AvgIpc) is 2.15. The Hall–Kier alpha value is -1.57. The minimum atomic E-state index is -5.08. The number of hydrogen-bond acceptors (Lipinski definition) is 3. The quantitative estimate of drug-likeness (QED) is 0.686. The normalized spacial score (nSPS) is 14.1. The smallest absolute Gasteiger partial charge is 0.480 e. The van der Waals surface area contributed by atoms with Gasteiger partial charge >= 0.3 is 18.1 Å². The number of aliphatic carboxylic acids is 2. The van der Waals surface area contributed by atoms with Gasteiger partial charge in [0.2, 0.25) is 0 Å². The molecule has 0 radical (unpaired) electrons. The minimum Gasteiger partial charge on any atom is -0.480 e. The van der Waals surface area contributed by atoms with Crippen LogP contribution in [0.4, 0.5) is 13.2 Å². The molecule has 0 aromatic heterocycles. The van der Waals surface area contributed by atoms with Crippen LogP contribution in [0.5, 0.6) is 0 Å². The van der Waals surface area contributed by atoms with Crippen LogP contribution in [0.25, 0.3) is 0 Å². The van der Waals surface area contributed by atoms with Crippen molar-refractivity contribution in [1.82, 2.24) is 0 Å². The molecule has 0 bridgehead atoms. The maximum Gasteiger partial charge on any atom is 0.490 e. The van der Waals surface area contributed by atoms with Gasteiger partial charge in [-0.05, 0) is 24.8 Å². The molecule has 0 heterocycles. The average molecular weight is 285 g/mol. The lowest BCUT2D eigenvalue weighted by Gasteiger charge is -2.26. The topological polar surface area (TPSA) is 101 Å². The summed E-state index contributed by atoms with van der Waals surface area (Å²) in [7, 11) is 0. The van der Waals surface area contributed by atoms with Crippen molar-refractivity contribution < 1.29 is 33.0 Å².